The van der Waals surface area contributed by atoms with Gasteiger partial charge in [0.1, 0.15) is 5.75 Å². The monoisotopic (exact) mass is 288 g/mol. The van der Waals surface area contributed by atoms with Gasteiger partial charge in [-0.25, -0.2) is 0 Å². The Balaban J connectivity index is 2.15. The van der Waals surface area contributed by atoms with Gasteiger partial charge in [0.15, 0.2) is 0 Å². The number of hydrogen-bond donors (Lipinski definition) is 1. The fourth-order valence-corrected chi connectivity index (χ4v) is 2.78. The van der Waals surface area contributed by atoms with Gasteiger partial charge >= 0.3 is 0 Å². The van der Waals surface area contributed by atoms with E-state index in [0.717, 1.165) is 18.4 Å². The van der Waals surface area contributed by atoms with Crippen LogP contribution in [0.3, 0.4) is 0 Å². The third-order valence-electron chi connectivity index (χ3n) is 3.89. The molecule has 1 heteroatoms. The minimum Gasteiger partial charge on any atom is -0.508 e. The van der Waals surface area contributed by atoms with E-state index in [1.165, 1.54) is 22.3 Å². The molecule has 0 fully saturated rings. The van der Waals surface area contributed by atoms with Crippen LogP contribution in [0.1, 0.15) is 18.9 Å². The lowest BCUT2D eigenvalue weighted by atomic mass is 9.92. The van der Waals surface area contributed by atoms with Crippen molar-refractivity contribution >= 4 is 0 Å². The van der Waals surface area contributed by atoms with E-state index in [1.807, 2.05) is 18.2 Å². The fourth-order valence-electron chi connectivity index (χ4n) is 2.78. The Hall–Kier alpha value is -2.54. The molecule has 0 saturated heterocycles. The van der Waals surface area contributed by atoms with Gasteiger partial charge in [-0.1, -0.05) is 74.0 Å². The van der Waals surface area contributed by atoms with Crippen molar-refractivity contribution in [3.63, 3.8) is 0 Å². The zero-order chi connectivity index (χ0) is 15.4. The van der Waals surface area contributed by atoms with Crippen LogP contribution in [0.4, 0.5) is 0 Å². The second kappa shape index (κ2) is 6.48. The van der Waals surface area contributed by atoms with Crippen molar-refractivity contribution < 1.29 is 5.11 Å². The Labute approximate surface area is 131 Å². The first kappa shape index (κ1) is 14.4. The van der Waals surface area contributed by atoms with Gasteiger partial charge in [-0.2, -0.15) is 0 Å². The molecule has 0 aliphatic heterocycles. The smallest absolute Gasteiger partial charge is 0.115 e. The molecule has 0 aliphatic carbocycles. The molecule has 0 saturated carbocycles. The van der Waals surface area contributed by atoms with Gasteiger partial charge in [0.2, 0.25) is 0 Å². The lowest BCUT2D eigenvalue weighted by Gasteiger charge is -2.13. The lowest BCUT2D eigenvalue weighted by molar-refractivity contribution is 0.475. The number of phenols is 1. The number of benzene rings is 3. The summed E-state index contributed by atoms with van der Waals surface area (Å²) in [6.45, 7) is 2.20. The van der Waals surface area contributed by atoms with Gasteiger partial charge in [0, 0.05) is 0 Å². The molecule has 0 unspecified atom stereocenters. The molecule has 0 atom stereocenters. The summed E-state index contributed by atoms with van der Waals surface area (Å²) in [7, 11) is 0. The highest BCUT2D eigenvalue weighted by molar-refractivity contribution is 5.84. The fraction of sp³-hybridized carbons (Fsp3) is 0.143. The maximum absolute atomic E-state index is 9.53. The van der Waals surface area contributed by atoms with Crippen molar-refractivity contribution in [2.45, 2.75) is 19.8 Å². The quantitative estimate of drug-likeness (QED) is 0.655. The van der Waals surface area contributed by atoms with Crippen LogP contribution in [0.15, 0.2) is 72.8 Å². The molecule has 3 aromatic carbocycles. The Bertz CT molecular complexity index is 743. The van der Waals surface area contributed by atoms with Crippen LogP contribution in [-0.4, -0.2) is 5.11 Å². The lowest BCUT2D eigenvalue weighted by Crippen LogP contribution is -1.89. The number of aryl methyl sites for hydroxylation is 1. The molecule has 22 heavy (non-hydrogen) atoms. The summed E-state index contributed by atoms with van der Waals surface area (Å²) in [5.41, 5.74) is 6.15. The summed E-state index contributed by atoms with van der Waals surface area (Å²) in [6, 6.07) is 24.6. The Morgan fingerprint density at radius 1 is 0.727 bits per heavy atom. The predicted octanol–water partition coefficient (Wildman–Crippen LogP) is 5.68. The molecule has 3 rings (SSSR count). The first-order valence-electron chi connectivity index (χ1n) is 7.75. The highest BCUT2D eigenvalue weighted by Gasteiger charge is 2.08. The van der Waals surface area contributed by atoms with E-state index >= 15 is 0 Å². The van der Waals surface area contributed by atoms with Crippen molar-refractivity contribution in [1.82, 2.24) is 0 Å². The van der Waals surface area contributed by atoms with Crippen molar-refractivity contribution in [1.29, 1.82) is 0 Å². The Morgan fingerprint density at radius 2 is 1.41 bits per heavy atom. The summed E-state index contributed by atoms with van der Waals surface area (Å²) in [6.07, 6.45) is 2.22. The van der Waals surface area contributed by atoms with Crippen LogP contribution in [0.5, 0.6) is 5.75 Å². The van der Waals surface area contributed by atoms with E-state index < -0.39 is 0 Å². The predicted molar refractivity (Wildman–Crippen MR) is 93.0 cm³/mol. The number of hydrogen-bond acceptors (Lipinski definition) is 1. The first-order chi connectivity index (χ1) is 10.8. The summed E-state index contributed by atoms with van der Waals surface area (Å²) in [5.74, 6) is 0.301. The molecule has 0 heterocycles. The molecule has 1 nitrogen and oxygen atoms in total. The van der Waals surface area contributed by atoms with Crippen LogP contribution < -0.4 is 0 Å². The molecule has 0 amide bonds. The van der Waals surface area contributed by atoms with E-state index in [1.54, 1.807) is 12.1 Å². The van der Waals surface area contributed by atoms with Gasteiger partial charge in [-0.15, -0.1) is 0 Å². The summed E-state index contributed by atoms with van der Waals surface area (Å²) in [5, 5.41) is 9.53. The van der Waals surface area contributed by atoms with Gasteiger partial charge in [-0.3, -0.25) is 0 Å². The number of aromatic hydroxyl groups is 1. The maximum Gasteiger partial charge on any atom is 0.115 e. The van der Waals surface area contributed by atoms with Crippen LogP contribution >= 0.6 is 0 Å². The molecule has 0 radical (unpaired) electrons. The minimum atomic E-state index is 0.301. The van der Waals surface area contributed by atoms with Crippen LogP contribution in [0, 0.1) is 0 Å². The third-order valence-corrected chi connectivity index (χ3v) is 3.89. The zero-order valence-corrected chi connectivity index (χ0v) is 12.8. The topological polar surface area (TPSA) is 20.2 Å². The van der Waals surface area contributed by atoms with E-state index in [9.17, 15) is 5.11 Å². The highest BCUT2D eigenvalue weighted by atomic mass is 16.3. The minimum absolute atomic E-state index is 0.301. The van der Waals surface area contributed by atoms with Crippen molar-refractivity contribution in [3.05, 3.63) is 78.4 Å². The molecule has 0 aliphatic rings. The largest absolute Gasteiger partial charge is 0.508 e. The van der Waals surface area contributed by atoms with Gasteiger partial charge in [0.25, 0.3) is 0 Å². The number of phenolic OH excluding ortho intramolecular Hbond substituents is 1. The highest BCUT2D eigenvalue weighted by Crippen LogP contribution is 2.33. The normalized spacial score (nSPS) is 10.6. The van der Waals surface area contributed by atoms with E-state index in [-0.39, 0.29) is 0 Å². The maximum atomic E-state index is 9.53. The zero-order valence-electron chi connectivity index (χ0n) is 12.8. The van der Waals surface area contributed by atoms with Gasteiger partial charge < -0.3 is 5.11 Å². The summed E-state index contributed by atoms with van der Waals surface area (Å²) in [4.78, 5) is 0. The average molecular weight is 288 g/mol. The first-order valence-corrected chi connectivity index (χ1v) is 7.75. The summed E-state index contributed by atoms with van der Waals surface area (Å²) >= 11 is 0. The molecule has 0 bridgehead atoms. The second-order valence-corrected chi connectivity index (χ2v) is 5.54. The van der Waals surface area contributed by atoms with Crippen molar-refractivity contribution in [2.24, 2.45) is 0 Å². The van der Waals surface area contributed by atoms with Gasteiger partial charge in [0.05, 0.1) is 0 Å². The number of rotatable bonds is 4. The third kappa shape index (κ3) is 3.04. The molecule has 0 aromatic heterocycles. The molecular formula is C21H20O. The SMILES string of the molecule is CCCc1ccc(-c2ccccc2)c(-c2ccc(O)cc2)c1. The van der Waals surface area contributed by atoms with E-state index in [4.69, 9.17) is 0 Å². The standard InChI is InChI=1S/C21H20O/c1-2-6-16-9-14-20(17-7-4-3-5-8-17)21(15-16)18-10-12-19(22)13-11-18/h3-5,7-15,22H,2,6H2,1H3. The Kier molecular flexibility index (Phi) is 4.24. The molecule has 110 valence electrons. The molecule has 3 aromatic rings. The summed E-state index contributed by atoms with van der Waals surface area (Å²) < 4.78 is 0. The van der Waals surface area contributed by atoms with E-state index in [0.29, 0.717) is 5.75 Å². The molecule has 1 N–H and O–H groups in total. The molecular weight excluding hydrogens is 268 g/mol. The van der Waals surface area contributed by atoms with Crippen molar-refractivity contribution in [3.8, 4) is 28.0 Å². The van der Waals surface area contributed by atoms with Crippen LogP contribution in [0.2, 0.25) is 0 Å². The van der Waals surface area contributed by atoms with Crippen molar-refractivity contribution in [2.75, 3.05) is 0 Å². The average Bonchev–Trinajstić information content (AvgIpc) is 2.57. The van der Waals surface area contributed by atoms with Crippen LogP contribution in [-0.2, 0) is 6.42 Å². The van der Waals surface area contributed by atoms with E-state index in [2.05, 4.69) is 49.4 Å². The Morgan fingerprint density at radius 3 is 2.09 bits per heavy atom. The second-order valence-electron chi connectivity index (χ2n) is 5.54. The van der Waals surface area contributed by atoms with Gasteiger partial charge in [-0.05, 0) is 46.4 Å². The van der Waals surface area contributed by atoms with Crippen LogP contribution in [0.25, 0.3) is 22.3 Å². The molecule has 0 spiro atoms.